The molecule has 2 nitrogen and oxygen atoms in total. The Hall–Kier alpha value is -1.26. The van der Waals surface area contributed by atoms with Crippen LogP contribution in [0.25, 0.3) is 0 Å². The molecule has 16 heavy (non-hydrogen) atoms. The first-order chi connectivity index (χ1) is 7.66. The molecule has 0 radical (unpaired) electrons. The number of rotatable bonds is 3. The molecule has 1 aromatic carbocycles. The van der Waals surface area contributed by atoms with Crippen LogP contribution in [-0.4, -0.2) is 10.8 Å². The van der Waals surface area contributed by atoms with E-state index in [4.69, 9.17) is 11.6 Å². The third kappa shape index (κ3) is 2.46. The smallest absolute Gasteiger partial charge is 0.178 e. The summed E-state index contributed by atoms with van der Waals surface area (Å²) in [6.07, 6.45) is 1.60. The van der Waals surface area contributed by atoms with Crippen LogP contribution in [0.5, 0.6) is 0 Å². The molecule has 0 saturated carbocycles. The van der Waals surface area contributed by atoms with Gasteiger partial charge < -0.3 is 0 Å². The van der Waals surface area contributed by atoms with Gasteiger partial charge in [0.25, 0.3) is 0 Å². The Kier molecular flexibility index (Phi) is 3.31. The molecule has 0 unspecified atom stereocenters. The largest absolute Gasteiger partial charge is 0.293 e. The van der Waals surface area contributed by atoms with Crippen LogP contribution >= 0.6 is 22.9 Å². The van der Waals surface area contributed by atoms with Crippen LogP contribution < -0.4 is 0 Å². The number of nitrogens with zero attached hydrogens (tertiary/aromatic N) is 1. The molecular formula is C11H7ClFNOS. The van der Waals surface area contributed by atoms with Crippen LogP contribution in [0.3, 0.4) is 0 Å². The SMILES string of the molecule is O=C(Cc1cc(F)ccc1Cl)c1cncs1. The average molecular weight is 256 g/mol. The van der Waals surface area contributed by atoms with Crippen molar-refractivity contribution in [3.8, 4) is 0 Å². The van der Waals surface area contributed by atoms with Gasteiger partial charge >= 0.3 is 0 Å². The number of carbonyl (C=O) groups is 1. The molecule has 0 amide bonds. The van der Waals surface area contributed by atoms with E-state index in [1.54, 1.807) is 5.51 Å². The van der Waals surface area contributed by atoms with E-state index in [0.29, 0.717) is 15.5 Å². The van der Waals surface area contributed by atoms with Crippen molar-refractivity contribution in [2.75, 3.05) is 0 Å². The van der Waals surface area contributed by atoms with Crippen LogP contribution in [-0.2, 0) is 6.42 Å². The first kappa shape index (κ1) is 11.2. The van der Waals surface area contributed by atoms with E-state index >= 15 is 0 Å². The highest BCUT2D eigenvalue weighted by molar-refractivity contribution is 7.11. The van der Waals surface area contributed by atoms with E-state index in [0.717, 1.165) is 0 Å². The molecule has 0 fully saturated rings. The molecule has 5 heteroatoms. The van der Waals surface area contributed by atoms with Gasteiger partial charge in [0.15, 0.2) is 5.78 Å². The number of Topliss-reactive ketones (excluding diaryl/α,β-unsaturated/α-hetero) is 1. The molecule has 2 rings (SSSR count). The fourth-order valence-electron chi connectivity index (χ4n) is 1.29. The van der Waals surface area contributed by atoms with E-state index in [9.17, 15) is 9.18 Å². The lowest BCUT2D eigenvalue weighted by Crippen LogP contribution is -2.02. The molecule has 1 heterocycles. The second kappa shape index (κ2) is 4.72. The van der Waals surface area contributed by atoms with E-state index < -0.39 is 5.82 Å². The summed E-state index contributed by atoms with van der Waals surface area (Å²) in [6, 6.07) is 4.00. The number of hydrogen-bond acceptors (Lipinski definition) is 3. The zero-order valence-electron chi connectivity index (χ0n) is 8.11. The molecule has 0 bridgehead atoms. The summed E-state index contributed by atoms with van der Waals surface area (Å²) in [5.41, 5.74) is 2.08. The lowest BCUT2D eigenvalue weighted by atomic mass is 10.1. The minimum absolute atomic E-state index is 0.0960. The Balaban J connectivity index is 2.21. The first-order valence-electron chi connectivity index (χ1n) is 4.52. The second-order valence-electron chi connectivity index (χ2n) is 3.20. The molecule has 2 aromatic rings. The number of aromatic nitrogens is 1. The highest BCUT2D eigenvalue weighted by Crippen LogP contribution is 2.20. The summed E-state index contributed by atoms with van der Waals surface area (Å²) in [4.78, 5) is 16.1. The van der Waals surface area contributed by atoms with Gasteiger partial charge in [-0.1, -0.05) is 11.6 Å². The van der Waals surface area contributed by atoms with Crippen molar-refractivity contribution in [3.63, 3.8) is 0 Å². The van der Waals surface area contributed by atoms with E-state index in [1.807, 2.05) is 0 Å². The number of ketones is 1. The van der Waals surface area contributed by atoms with Gasteiger partial charge in [-0.25, -0.2) is 4.39 Å². The molecule has 0 aliphatic carbocycles. The average Bonchev–Trinajstić information content (AvgIpc) is 2.76. The molecule has 1 aromatic heterocycles. The molecule has 0 aliphatic rings. The second-order valence-corrected chi connectivity index (χ2v) is 4.49. The van der Waals surface area contributed by atoms with Crippen molar-refractivity contribution in [3.05, 3.63) is 51.2 Å². The Labute approximate surface area is 101 Å². The van der Waals surface area contributed by atoms with Crippen molar-refractivity contribution >= 4 is 28.7 Å². The summed E-state index contributed by atoms with van der Waals surface area (Å²) in [6.45, 7) is 0. The number of halogens is 2. The molecule has 0 N–H and O–H groups in total. The normalized spacial score (nSPS) is 10.4. The van der Waals surface area contributed by atoms with Crippen molar-refractivity contribution in [2.45, 2.75) is 6.42 Å². The van der Waals surface area contributed by atoms with Gasteiger partial charge in [0.05, 0.1) is 10.4 Å². The van der Waals surface area contributed by atoms with E-state index in [1.165, 1.54) is 35.7 Å². The molecule has 0 aliphatic heterocycles. The Morgan fingerprint density at radius 2 is 2.31 bits per heavy atom. The maximum absolute atomic E-state index is 13.0. The minimum Gasteiger partial charge on any atom is -0.293 e. The number of carbonyl (C=O) groups excluding carboxylic acids is 1. The predicted molar refractivity (Wildman–Crippen MR) is 61.6 cm³/mol. The van der Waals surface area contributed by atoms with Gasteiger partial charge in [-0.2, -0.15) is 0 Å². The highest BCUT2D eigenvalue weighted by atomic mass is 35.5. The van der Waals surface area contributed by atoms with Crippen LogP contribution in [0.4, 0.5) is 4.39 Å². The molecular weight excluding hydrogens is 249 g/mol. The Morgan fingerprint density at radius 1 is 1.50 bits per heavy atom. The van der Waals surface area contributed by atoms with E-state index in [-0.39, 0.29) is 12.2 Å². The van der Waals surface area contributed by atoms with Crippen LogP contribution in [0.1, 0.15) is 15.2 Å². The third-order valence-electron chi connectivity index (χ3n) is 2.07. The van der Waals surface area contributed by atoms with Gasteiger partial charge in [-0.15, -0.1) is 11.3 Å². The monoisotopic (exact) mass is 255 g/mol. The van der Waals surface area contributed by atoms with Crippen molar-refractivity contribution < 1.29 is 9.18 Å². The van der Waals surface area contributed by atoms with Gasteiger partial charge in [-0.3, -0.25) is 9.78 Å². The Bertz CT molecular complexity index is 513. The van der Waals surface area contributed by atoms with E-state index in [2.05, 4.69) is 4.98 Å². The number of hydrogen-bond donors (Lipinski definition) is 0. The van der Waals surface area contributed by atoms with Crippen LogP contribution in [0, 0.1) is 5.82 Å². The van der Waals surface area contributed by atoms with Crippen LogP contribution in [0.15, 0.2) is 29.9 Å². The maximum atomic E-state index is 13.0. The van der Waals surface area contributed by atoms with Crippen molar-refractivity contribution in [1.82, 2.24) is 4.98 Å². The van der Waals surface area contributed by atoms with Gasteiger partial charge in [0, 0.05) is 17.6 Å². The molecule has 0 spiro atoms. The maximum Gasteiger partial charge on any atom is 0.178 e. The summed E-state index contributed by atoms with van der Waals surface area (Å²) in [5.74, 6) is -0.494. The lowest BCUT2D eigenvalue weighted by molar-refractivity contribution is 0.0996. The molecule has 0 atom stereocenters. The van der Waals surface area contributed by atoms with Gasteiger partial charge in [0.2, 0.25) is 0 Å². The summed E-state index contributed by atoms with van der Waals surface area (Å²) < 4.78 is 13.0. The predicted octanol–water partition coefficient (Wildman–Crippen LogP) is 3.36. The minimum atomic E-state index is -0.392. The first-order valence-corrected chi connectivity index (χ1v) is 5.78. The fourth-order valence-corrected chi connectivity index (χ4v) is 2.04. The summed E-state index contributed by atoms with van der Waals surface area (Å²) in [5, 5.41) is 0.402. The zero-order valence-corrected chi connectivity index (χ0v) is 9.69. The number of thiazole rings is 1. The van der Waals surface area contributed by atoms with Crippen LogP contribution in [0.2, 0.25) is 5.02 Å². The summed E-state index contributed by atoms with van der Waals surface area (Å²) >= 11 is 7.13. The summed E-state index contributed by atoms with van der Waals surface area (Å²) in [7, 11) is 0. The topological polar surface area (TPSA) is 30.0 Å². The lowest BCUT2D eigenvalue weighted by Gasteiger charge is -2.02. The number of benzene rings is 1. The molecule has 82 valence electrons. The Morgan fingerprint density at radius 3 is 3.00 bits per heavy atom. The quantitative estimate of drug-likeness (QED) is 0.787. The highest BCUT2D eigenvalue weighted by Gasteiger charge is 2.11. The van der Waals surface area contributed by atoms with Gasteiger partial charge in [0.1, 0.15) is 5.82 Å². The third-order valence-corrected chi connectivity index (χ3v) is 3.25. The van der Waals surface area contributed by atoms with Crippen molar-refractivity contribution in [1.29, 1.82) is 0 Å². The fraction of sp³-hybridized carbons (Fsp3) is 0.0909. The standard InChI is InChI=1S/C11H7ClFNOS/c12-9-2-1-8(13)3-7(9)4-10(15)11-5-14-6-16-11/h1-3,5-6H,4H2. The molecule has 0 saturated heterocycles. The van der Waals surface area contributed by atoms with Crippen molar-refractivity contribution in [2.24, 2.45) is 0 Å². The zero-order chi connectivity index (χ0) is 11.5. The van der Waals surface area contributed by atoms with Gasteiger partial charge in [-0.05, 0) is 23.8 Å².